The second-order valence-corrected chi connectivity index (χ2v) is 3.63. The zero-order chi connectivity index (χ0) is 10.6. The van der Waals surface area contributed by atoms with E-state index >= 15 is 0 Å². The molecule has 0 saturated heterocycles. The molecule has 0 spiro atoms. The third-order valence-electron chi connectivity index (χ3n) is 2.53. The summed E-state index contributed by atoms with van der Waals surface area (Å²) in [6.07, 6.45) is 2.26. The van der Waals surface area contributed by atoms with Crippen molar-refractivity contribution in [1.82, 2.24) is 4.90 Å². The van der Waals surface area contributed by atoms with Crippen molar-refractivity contribution in [2.75, 3.05) is 7.05 Å². The summed E-state index contributed by atoms with van der Waals surface area (Å²) < 4.78 is 5.21. The Balaban J connectivity index is 2.53. The predicted octanol–water partition coefficient (Wildman–Crippen LogP) is 2.32. The number of hydrogen-bond acceptors (Lipinski definition) is 3. The molecule has 0 aromatic carbocycles. The summed E-state index contributed by atoms with van der Waals surface area (Å²) in [5.74, 6) is 0.959. The largest absolute Gasteiger partial charge is 0.469 e. The summed E-state index contributed by atoms with van der Waals surface area (Å²) in [6, 6.07) is 4.44. The highest BCUT2D eigenvalue weighted by Gasteiger charge is 2.11. The molecule has 0 saturated carbocycles. The van der Waals surface area contributed by atoms with Crippen molar-refractivity contribution in [3.05, 3.63) is 23.7 Å². The minimum absolute atomic E-state index is 0.286. The Hall–Kier alpha value is -1.27. The van der Waals surface area contributed by atoms with Crippen molar-refractivity contribution < 1.29 is 4.42 Å². The molecule has 0 bridgehead atoms. The zero-order valence-electron chi connectivity index (χ0n) is 8.95. The molecule has 3 heteroatoms. The lowest BCUT2D eigenvalue weighted by atomic mass is 10.2. The van der Waals surface area contributed by atoms with Gasteiger partial charge in [0, 0.05) is 18.2 Å². The van der Waals surface area contributed by atoms with Gasteiger partial charge in [-0.3, -0.25) is 4.90 Å². The second-order valence-electron chi connectivity index (χ2n) is 3.63. The maximum atomic E-state index is 8.57. The molecular formula is C11H16N2O. The summed E-state index contributed by atoms with van der Waals surface area (Å²) in [5, 5.41) is 8.57. The molecule has 1 unspecified atom stereocenters. The first-order valence-corrected chi connectivity index (χ1v) is 4.75. The molecule has 0 N–H and O–H groups in total. The van der Waals surface area contributed by atoms with Crippen molar-refractivity contribution in [1.29, 1.82) is 5.26 Å². The van der Waals surface area contributed by atoms with Gasteiger partial charge in [0.15, 0.2) is 0 Å². The number of aryl methyl sites for hydroxylation is 1. The quantitative estimate of drug-likeness (QED) is 0.735. The van der Waals surface area contributed by atoms with E-state index < -0.39 is 0 Å². The Kier molecular flexibility index (Phi) is 3.73. The molecule has 14 heavy (non-hydrogen) atoms. The van der Waals surface area contributed by atoms with Crippen molar-refractivity contribution in [2.24, 2.45) is 0 Å². The van der Waals surface area contributed by atoms with Crippen LogP contribution in [0, 0.1) is 18.3 Å². The van der Waals surface area contributed by atoms with Crippen molar-refractivity contribution >= 4 is 0 Å². The minimum atomic E-state index is 0.286. The van der Waals surface area contributed by atoms with Crippen LogP contribution in [0.5, 0.6) is 0 Å². The second kappa shape index (κ2) is 4.83. The highest BCUT2D eigenvalue weighted by atomic mass is 16.3. The van der Waals surface area contributed by atoms with Crippen LogP contribution in [0.2, 0.25) is 0 Å². The summed E-state index contributed by atoms with van der Waals surface area (Å²) in [6.45, 7) is 4.85. The molecular weight excluding hydrogens is 176 g/mol. The van der Waals surface area contributed by atoms with Gasteiger partial charge in [0.25, 0.3) is 0 Å². The lowest BCUT2D eigenvalue weighted by Gasteiger charge is -2.21. The smallest absolute Gasteiger partial charge is 0.105 e. The fourth-order valence-corrected chi connectivity index (χ4v) is 1.29. The first-order chi connectivity index (χ1) is 6.65. The number of rotatable bonds is 4. The summed E-state index contributed by atoms with van der Waals surface area (Å²) >= 11 is 0. The molecule has 0 radical (unpaired) electrons. The van der Waals surface area contributed by atoms with E-state index in [1.807, 2.05) is 20.0 Å². The van der Waals surface area contributed by atoms with Crippen LogP contribution < -0.4 is 0 Å². The van der Waals surface area contributed by atoms with Gasteiger partial charge in [-0.2, -0.15) is 5.26 Å². The third-order valence-corrected chi connectivity index (χ3v) is 2.53. The minimum Gasteiger partial charge on any atom is -0.469 e. The monoisotopic (exact) mass is 192 g/mol. The van der Waals surface area contributed by atoms with Crippen molar-refractivity contribution in [3.8, 4) is 6.07 Å². The van der Waals surface area contributed by atoms with Gasteiger partial charge in [-0.25, -0.2) is 0 Å². The van der Waals surface area contributed by atoms with E-state index in [0.29, 0.717) is 6.42 Å². The van der Waals surface area contributed by atoms with E-state index in [1.165, 1.54) is 5.56 Å². The average Bonchev–Trinajstić information content (AvgIpc) is 2.52. The Morgan fingerprint density at radius 3 is 2.86 bits per heavy atom. The molecule has 76 valence electrons. The van der Waals surface area contributed by atoms with Crippen LogP contribution >= 0.6 is 0 Å². The number of furan rings is 1. The number of hydrogen-bond donors (Lipinski definition) is 0. The molecule has 0 aliphatic carbocycles. The molecule has 0 fully saturated rings. The molecule has 1 rings (SSSR count). The van der Waals surface area contributed by atoms with Gasteiger partial charge in [-0.05, 0) is 27.0 Å². The van der Waals surface area contributed by atoms with Gasteiger partial charge in [-0.15, -0.1) is 0 Å². The molecule has 1 aromatic rings. The zero-order valence-corrected chi connectivity index (χ0v) is 8.95. The third kappa shape index (κ3) is 2.61. The fraction of sp³-hybridized carbons (Fsp3) is 0.545. The van der Waals surface area contributed by atoms with Crippen LogP contribution in [-0.4, -0.2) is 18.0 Å². The predicted molar refractivity (Wildman–Crippen MR) is 54.6 cm³/mol. The molecule has 3 nitrogen and oxygen atoms in total. The summed E-state index contributed by atoms with van der Waals surface area (Å²) in [7, 11) is 2.02. The maximum Gasteiger partial charge on any atom is 0.105 e. The number of nitrogens with zero attached hydrogens (tertiary/aromatic N) is 2. The fourth-order valence-electron chi connectivity index (χ4n) is 1.29. The van der Waals surface area contributed by atoms with Crippen LogP contribution in [-0.2, 0) is 6.54 Å². The standard InChI is InChI=1S/C11H16N2O/c1-9(4-6-12)13(3)8-11-5-7-14-10(11)2/h5,7,9H,4,8H2,1-3H3. The van der Waals surface area contributed by atoms with Gasteiger partial charge in [0.1, 0.15) is 5.76 Å². The van der Waals surface area contributed by atoms with Crippen molar-refractivity contribution in [2.45, 2.75) is 32.9 Å². The Morgan fingerprint density at radius 2 is 2.36 bits per heavy atom. The maximum absolute atomic E-state index is 8.57. The lowest BCUT2D eigenvalue weighted by molar-refractivity contribution is 0.251. The topological polar surface area (TPSA) is 40.2 Å². The Labute approximate surface area is 84.9 Å². The first-order valence-electron chi connectivity index (χ1n) is 4.75. The van der Waals surface area contributed by atoms with Crippen molar-refractivity contribution in [3.63, 3.8) is 0 Å². The molecule has 1 aromatic heterocycles. The van der Waals surface area contributed by atoms with Crippen LogP contribution in [0.15, 0.2) is 16.7 Å². The average molecular weight is 192 g/mol. The van der Waals surface area contributed by atoms with Gasteiger partial charge < -0.3 is 4.42 Å². The van der Waals surface area contributed by atoms with Gasteiger partial charge in [0.05, 0.1) is 18.8 Å². The highest BCUT2D eigenvalue weighted by Crippen LogP contribution is 2.13. The normalized spacial score (nSPS) is 12.8. The van der Waals surface area contributed by atoms with Gasteiger partial charge in [-0.1, -0.05) is 0 Å². The van der Waals surface area contributed by atoms with E-state index in [9.17, 15) is 0 Å². The Morgan fingerprint density at radius 1 is 1.64 bits per heavy atom. The SMILES string of the molecule is Cc1occc1CN(C)C(C)CC#N. The van der Waals surface area contributed by atoms with Crippen LogP contribution in [0.1, 0.15) is 24.7 Å². The van der Waals surface area contributed by atoms with Crippen LogP contribution in [0.25, 0.3) is 0 Å². The highest BCUT2D eigenvalue weighted by molar-refractivity contribution is 5.15. The van der Waals surface area contributed by atoms with E-state index in [4.69, 9.17) is 9.68 Å². The van der Waals surface area contributed by atoms with E-state index in [2.05, 4.69) is 17.9 Å². The summed E-state index contributed by atoms with van der Waals surface area (Å²) in [4.78, 5) is 2.15. The molecule has 1 heterocycles. The summed E-state index contributed by atoms with van der Waals surface area (Å²) in [5.41, 5.74) is 1.19. The van der Waals surface area contributed by atoms with Crippen LogP contribution in [0.3, 0.4) is 0 Å². The molecule has 0 aliphatic heterocycles. The van der Waals surface area contributed by atoms with E-state index in [-0.39, 0.29) is 6.04 Å². The first kappa shape index (κ1) is 10.8. The molecule has 0 aliphatic rings. The molecule has 0 amide bonds. The Bertz CT molecular complexity index is 324. The van der Waals surface area contributed by atoms with E-state index in [0.717, 1.165) is 12.3 Å². The number of nitriles is 1. The lowest BCUT2D eigenvalue weighted by Crippen LogP contribution is -2.28. The van der Waals surface area contributed by atoms with E-state index in [1.54, 1.807) is 6.26 Å². The van der Waals surface area contributed by atoms with Gasteiger partial charge >= 0.3 is 0 Å². The van der Waals surface area contributed by atoms with Gasteiger partial charge in [0.2, 0.25) is 0 Å². The molecule has 1 atom stereocenters. The van der Waals surface area contributed by atoms with Crippen LogP contribution in [0.4, 0.5) is 0 Å².